The molecule has 144 valence electrons. The van der Waals surface area contributed by atoms with Crippen LogP contribution in [0.1, 0.15) is 44.6 Å². The molecule has 0 fully saturated rings. The Morgan fingerprint density at radius 2 is 2.23 bits per heavy atom. The molecule has 26 heavy (non-hydrogen) atoms. The number of benzene rings is 1. The lowest BCUT2D eigenvalue weighted by Gasteiger charge is -2.27. The van der Waals surface area contributed by atoms with E-state index in [4.69, 9.17) is 0 Å². The molecule has 7 heteroatoms. The Bertz CT molecular complexity index is 582. The minimum absolute atomic E-state index is 0.00970. The highest BCUT2D eigenvalue weighted by molar-refractivity contribution is 5.78. The maximum atomic E-state index is 12.4. The number of carbonyl (C=O) groups excluding carboxylic acids is 2. The van der Waals surface area contributed by atoms with Crippen LogP contribution in [0.15, 0.2) is 24.3 Å². The van der Waals surface area contributed by atoms with Crippen LogP contribution in [0.25, 0.3) is 0 Å². The van der Waals surface area contributed by atoms with Gasteiger partial charge >= 0.3 is 0 Å². The summed E-state index contributed by atoms with van der Waals surface area (Å²) in [6.07, 6.45) is 5.95. The lowest BCUT2D eigenvalue weighted by Crippen LogP contribution is -2.48. The summed E-state index contributed by atoms with van der Waals surface area (Å²) >= 11 is 0. The molecule has 0 aromatic heterocycles. The molecule has 0 bridgehead atoms. The van der Waals surface area contributed by atoms with Crippen molar-refractivity contribution in [2.24, 2.45) is 5.92 Å². The first-order valence-corrected chi connectivity index (χ1v) is 9.42. The van der Waals surface area contributed by atoms with Crippen molar-refractivity contribution < 1.29 is 14.8 Å². The van der Waals surface area contributed by atoms with Crippen molar-refractivity contribution in [2.75, 3.05) is 18.4 Å². The van der Waals surface area contributed by atoms with E-state index in [1.165, 1.54) is 5.56 Å². The van der Waals surface area contributed by atoms with Gasteiger partial charge < -0.3 is 5.32 Å². The number of carbonyl (C=O) groups is 2. The predicted molar refractivity (Wildman–Crippen MR) is 101 cm³/mol. The first kappa shape index (κ1) is 20.2. The van der Waals surface area contributed by atoms with Crippen molar-refractivity contribution in [3.8, 4) is 0 Å². The Morgan fingerprint density at radius 3 is 3.00 bits per heavy atom. The van der Waals surface area contributed by atoms with E-state index in [2.05, 4.69) is 35.2 Å². The average molecular weight is 362 g/mol. The number of amides is 2. The van der Waals surface area contributed by atoms with Crippen LogP contribution in [0.3, 0.4) is 0 Å². The third-order valence-corrected chi connectivity index (χ3v) is 4.76. The Kier molecular flexibility index (Phi) is 8.37. The molecular formula is C19H30N4O3. The van der Waals surface area contributed by atoms with Crippen molar-refractivity contribution in [3.05, 3.63) is 29.8 Å². The number of nitrogens with zero attached hydrogens (tertiary/aromatic N) is 1. The van der Waals surface area contributed by atoms with Gasteiger partial charge in [0, 0.05) is 18.3 Å². The molecule has 0 spiro atoms. The molecule has 1 heterocycles. The fraction of sp³-hybridized carbons (Fsp3) is 0.579. The van der Waals surface area contributed by atoms with E-state index in [-0.39, 0.29) is 18.5 Å². The number of hydrogen-bond donors (Lipinski definition) is 4. The zero-order valence-corrected chi connectivity index (χ0v) is 15.4. The molecular weight excluding hydrogens is 332 g/mol. The smallest absolute Gasteiger partial charge is 0.239 e. The van der Waals surface area contributed by atoms with Gasteiger partial charge in [0.1, 0.15) is 0 Å². The molecule has 4 N–H and O–H groups in total. The lowest BCUT2D eigenvalue weighted by molar-refractivity contribution is -0.154. The third kappa shape index (κ3) is 6.31. The Labute approximate surface area is 155 Å². The molecule has 1 aromatic carbocycles. The molecule has 2 amide bonds. The van der Waals surface area contributed by atoms with Crippen molar-refractivity contribution in [2.45, 2.75) is 51.5 Å². The lowest BCUT2D eigenvalue weighted by atomic mass is 9.98. The summed E-state index contributed by atoms with van der Waals surface area (Å²) in [4.78, 5) is 23.0. The number of fused-ring (bicyclic) bond motifs is 1. The number of anilines is 1. The van der Waals surface area contributed by atoms with Gasteiger partial charge in [0.05, 0.1) is 12.5 Å². The average Bonchev–Trinajstić information content (AvgIpc) is 2.67. The minimum atomic E-state index is -0.427. The summed E-state index contributed by atoms with van der Waals surface area (Å²) in [5.74, 6) is -0.623. The quantitative estimate of drug-likeness (QED) is 0.209. The molecule has 7 nitrogen and oxygen atoms in total. The SMILES string of the molecule is CCCCC[C@H](CN(O)C=O)C(=O)NNCC1CCc2ccccc2N1. The van der Waals surface area contributed by atoms with Crippen LogP contribution >= 0.6 is 0 Å². The van der Waals surface area contributed by atoms with Gasteiger partial charge in [-0.05, 0) is 30.9 Å². The molecule has 1 aromatic rings. The number of para-hydroxylation sites is 1. The van der Waals surface area contributed by atoms with E-state index in [9.17, 15) is 14.8 Å². The number of aryl methyl sites for hydroxylation is 1. The van der Waals surface area contributed by atoms with E-state index in [0.717, 1.165) is 37.8 Å². The Morgan fingerprint density at radius 1 is 1.42 bits per heavy atom. The van der Waals surface area contributed by atoms with Gasteiger partial charge in [-0.25, -0.2) is 10.5 Å². The van der Waals surface area contributed by atoms with E-state index >= 15 is 0 Å². The second-order valence-electron chi connectivity index (χ2n) is 6.83. The van der Waals surface area contributed by atoms with Gasteiger partial charge in [-0.15, -0.1) is 0 Å². The van der Waals surface area contributed by atoms with Crippen LogP contribution in [0.4, 0.5) is 5.69 Å². The summed E-state index contributed by atoms with van der Waals surface area (Å²) in [5.41, 5.74) is 8.19. The van der Waals surface area contributed by atoms with E-state index in [0.29, 0.717) is 24.4 Å². The summed E-state index contributed by atoms with van der Waals surface area (Å²) in [7, 11) is 0. The van der Waals surface area contributed by atoms with Crippen molar-refractivity contribution in [1.82, 2.24) is 15.9 Å². The van der Waals surface area contributed by atoms with Gasteiger partial charge in [0.15, 0.2) is 0 Å². The normalized spacial score (nSPS) is 16.9. The summed E-state index contributed by atoms with van der Waals surface area (Å²) in [5, 5.41) is 13.4. The first-order chi connectivity index (χ1) is 12.6. The molecule has 2 atom stereocenters. The van der Waals surface area contributed by atoms with Crippen LogP contribution in [-0.4, -0.2) is 41.7 Å². The molecule has 0 saturated heterocycles. The zero-order valence-electron chi connectivity index (χ0n) is 15.4. The number of nitrogens with one attached hydrogen (secondary N) is 3. The molecule has 0 aliphatic carbocycles. The maximum absolute atomic E-state index is 12.4. The molecule has 1 unspecified atom stereocenters. The second kappa shape index (κ2) is 10.8. The van der Waals surface area contributed by atoms with E-state index < -0.39 is 5.92 Å². The van der Waals surface area contributed by atoms with Gasteiger partial charge in [0.25, 0.3) is 0 Å². The van der Waals surface area contributed by atoms with E-state index in [1.54, 1.807) is 0 Å². The van der Waals surface area contributed by atoms with Gasteiger partial charge in [0.2, 0.25) is 12.3 Å². The van der Waals surface area contributed by atoms with Crippen LogP contribution < -0.4 is 16.2 Å². The highest BCUT2D eigenvalue weighted by atomic mass is 16.5. The number of hydrogen-bond acceptors (Lipinski definition) is 5. The van der Waals surface area contributed by atoms with Crippen LogP contribution in [0.2, 0.25) is 0 Å². The Balaban J connectivity index is 1.77. The van der Waals surface area contributed by atoms with Crippen molar-refractivity contribution >= 4 is 18.0 Å². The number of hydroxylamine groups is 2. The molecule has 1 aliphatic rings. The highest BCUT2D eigenvalue weighted by Crippen LogP contribution is 2.23. The monoisotopic (exact) mass is 362 g/mol. The van der Waals surface area contributed by atoms with Crippen molar-refractivity contribution in [3.63, 3.8) is 0 Å². The molecule has 1 aliphatic heterocycles. The molecule has 0 saturated carbocycles. The minimum Gasteiger partial charge on any atom is -0.381 e. The third-order valence-electron chi connectivity index (χ3n) is 4.76. The number of unbranched alkanes of at least 4 members (excludes halogenated alkanes) is 2. The maximum Gasteiger partial charge on any atom is 0.239 e. The largest absolute Gasteiger partial charge is 0.381 e. The van der Waals surface area contributed by atoms with Crippen LogP contribution in [-0.2, 0) is 16.0 Å². The van der Waals surface area contributed by atoms with Crippen molar-refractivity contribution in [1.29, 1.82) is 0 Å². The molecule has 0 radical (unpaired) electrons. The predicted octanol–water partition coefficient (Wildman–Crippen LogP) is 2.08. The summed E-state index contributed by atoms with van der Waals surface area (Å²) in [6, 6.07) is 8.49. The van der Waals surface area contributed by atoms with Gasteiger partial charge in [-0.2, -0.15) is 0 Å². The summed E-state index contributed by atoms with van der Waals surface area (Å²) in [6.45, 7) is 2.71. The zero-order chi connectivity index (χ0) is 18.8. The highest BCUT2D eigenvalue weighted by Gasteiger charge is 2.21. The first-order valence-electron chi connectivity index (χ1n) is 9.42. The van der Waals surface area contributed by atoms with Crippen LogP contribution in [0.5, 0.6) is 0 Å². The van der Waals surface area contributed by atoms with Gasteiger partial charge in [-0.1, -0.05) is 44.4 Å². The van der Waals surface area contributed by atoms with Crippen LogP contribution in [0, 0.1) is 5.92 Å². The fourth-order valence-corrected chi connectivity index (χ4v) is 3.23. The standard InChI is InChI=1S/C19H30N4O3/c1-2-3-4-8-16(13-23(26)14-24)19(25)22-20-12-17-11-10-15-7-5-6-9-18(15)21-17/h5-7,9,14,16-17,20-21,26H,2-4,8,10-13H2,1H3,(H,22,25)/t16-,17?/m1/s1. The Hall–Kier alpha value is -2.12. The molecule has 2 rings (SSSR count). The van der Waals surface area contributed by atoms with E-state index in [1.807, 2.05) is 12.1 Å². The topological polar surface area (TPSA) is 93.7 Å². The fourth-order valence-electron chi connectivity index (χ4n) is 3.23. The number of rotatable bonds is 11. The summed E-state index contributed by atoms with van der Waals surface area (Å²) < 4.78 is 0. The number of hydrazine groups is 1. The second-order valence-corrected chi connectivity index (χ2v) is 6.83. The van der Waals surface area contributed by atoms with Gasteiger partial charge in [-0.3, -0.25) is 20.2 Å².